The number of ether oxygens (including phenoxy) is 2. The molecule has 0 spiro atoms. The highest BCUT2D eigenvalue weighted by Crippen LogP contribution is 2.31. The maximum atomic E-state index is 12.4. The monoisotopic (exact) mass is 393 g/mol. The van der Waals surface area contributed by atoms with Crippen LogP contribution in [0.2, 0.25) is 0 Å². The van der Waals surface area contributed by atoms with E-state index in [1.165, 1.54) is 0 Å². The van der Waals surface area contributed by atoms with Crippen molar-refractivity contribution in [2.75, 3.05) is 38.2 Å². The van der Waals surface area contributed by atoms with E-state index < -0.39 is 12.1 Å². The zero-order chi connectivity index (χ0) is 20.5. The highest BCUT2D eigenvalue weighted by atomic mass is 16.5. The average Bonchev–Trinajstić information content (AvgIpc) is 2.68. The number of aliphatic hydroxyl groups excluding tert-OH is 1. The van der Waals surface area contributed by atoms with Gasteiger partial charge < -0.3 is 30.1 Å². The van der Waals surface area contributed by atoms with Gasteiger partial charge in [0.05, 0.1) is 25.4 Å². The largest absolute Gasteiger partial charge is 0.465 e. The van der Waals surface area contributed by atoms with Crippen LogP contribution in [-0.2, 0) is 20.8 Å². The lowest BCUT2D eigenvalue weighted by Gasteiger charge is -2.27. The molecule has 0 aliphatic carbocycles. The van der Waals surface area contributed by atoms with Gasteiger partial charge in [0.1, 0.15) is 6.54 Å². The zero-order valence-corrected chi connectivity index (χ0v) is 16.9. The first-order valence-corrected chi connectivity index (χ1v) is 9.83. The third kappa shape index (κ3) is 6.10. The Morgan fingerprint density at radius 2 is 2.14 bits per heavy atom. The van der Waals surface area contributed by atoms with Gasteiger partial charge in [0.2, 0.25) is 0 Å². The second-order valence-electron chi connectivity index (χ2n) is 6.66. The summed E-state index contributed by atoms with van der Waals surface area (Å²) in [5.74, 6) is -0.454. The molecule has 0 saturated carbocycles. The molecule has 0 aromatic heterocycles. The number of urea groups is 1. The Balaban J connectivity index is 2.08. The van der Waals surface area contributed by atoms with Crippen molar-refractivity contribution in [3.05, 3.63) is 29.3 Å². The van der Waals surface area contributed by atoms with Crippen molar-refractivity contribution < 1.29 is 24.2 Å². The maximum absolute atomic E-state index is 12.4. The summed E-state index contributed by atoms with van der Waals surface area (Å²) >= 11 is 0. The summed E-state index contributed by atoms with van der Waals surface area (Å²) in [6.07, 6.45) is 0.119. The molecule has 1 heterocycles. The molecule has 1 aromatic rings. The van der Waals surface area contributed by atoms with Gasteiger partial charge in [-0.2, -0.15) is 0 Å². The number of β-amino-alcohol motifs (C(OH)–C–C–N with tert-alkyl or cyclic N) is 1. The number of fused-ring (bicyclic) bond motifs is 1. The van der Waals surface area contributed by atoms with Crippen LogP contribution in [0.25, 0.3) is 0 Å². The fourth-order valence-corrected chi connectivity index (χ4v) is 3.10. The van der Waals surface area contributed by atoms with E-state index in [4.69, 9.17) is 9.47 Å². The van der Waals surface area contributed by atoms with Gasteiger partial charge in [0.25, 0.3) is 0 Å². The lowest BCUT2D eigenvalue weighted by Crippen LogP contribution is -2.41. The number of anilines is 1. The molecule has 156 valence electrons. The number of amides is 2. The molecule has 0 radical (unpaired) electrons. The number of carbonyl (C=O) groups is 2. The maximum Gasteiger partial charge on any atom is 0.325 e. The summed E-state index contributed by atoms with van der Waals surface area (Å²) in [6.45, 7) is 7.42. The van der Waals surface area contributed by atoms with Crippen molar-refractivity contribution >= 4 is 17.7 Å². The Labute approximate surface area is 166 Å². The van der Waals surface area contributed by atoms with Crippen LogP contribution in [0.15, 0.2) is 18.2 Å². The first-order valence-electron chi connectivity index (χ1n) is 9.83. The molecule has 8 heteroatoms. The van der Waals surface area contributed by atoms with E-state index >= 15 is 0 Å². The van der Waals surface area contributed by atoms with Crippen LogP contribution in [0, 0.1) is 0 Å². The van der Waals surface area contributed by atoms with Crippen molar-refractivity contribution in [2.45, 2.75) is 45.9 Å². The number of rotatable bonds is 7. The van der Waals surface area contributed by atoms with Gasteiger partial charge in [0.15, 0.2) is 0 Å². The first-order chi connectivity index (χ1) is 13.5. The molecular formula is C20H31N3O5. The Hall–Kier alpha value is -2.32. The minimum Gasteiger partial charge on any atom is -0.465 e. The van der Waals surface area contributed by atoms with Crippen LogP contribution in [-0.4, -0.2) is 61.0 Å². The molecule has 1 aromatic carbocycles. The molecule has 0 fully saturated rings. The summed E-state index contributed by atoms with van der Waals surface area (Å²) < 4.78 is 10.7. The highest BCUT2D eigenvalue weighted by molar-refractivity contribution is 5.80. The molecule has 2 amide bonds. The average molecular weight is 393 g/mol. The predicted octanol–water partition coefficient (Wildman–Crippen LogP) is 2.04. The molecule has 0 saturated heterocycles. The lowest BCUT2D eigenvalue weighted by molar-refractivity contribution is -0.141. The smallest absolute Gasteiger partial charge is 0.325 e. The van der Waals surface area contributed by atoms with Crippen molar-refractivity contribution in [3.63, 3.8) is 0 Å². The molecule has 0 bridgehead atoms. The number of carbonyl (C=O) groups excluding carboxylic acids is 2. The van der Waals surface area contributed by atoms with E-state index in [1.807, 2.05) is 32.0 Å². The molecule has 28 heavy (non-hydrogen) atoms. The number of nitrogens with one attached hydrogen (secondary N) is 2. The van der Waals surface area contributed by atoms with Gasteiger partial charge in [0, 0.05) is 30.9 Å². The third-order valence-electron chi connectivity index (χ3n) is 4.58. The number of aliphatic hydroxyl groups is 1. The number of benzene rings is 1. The van der Waals surface area contributed by atoms with Crippen LogP contribution >= 0.6 is 0 Å². The Kier molecular flexibility index (Phi) is 8.53. The first kappa shape index (κ1) is 22.0. The summed E-state index contributed by atoms with van der Waals surface area (Å²) in [7, 11) is 0. The number of hydrogen-bond acceptors (Lipinski definition) is 6. The number of nitrogens with zero attached hydrogens (tertiary/aromatic N) is 1. The molecule has 0 unspecified atom stereocenters. The van der Waals surface area contributed by atoms with Crippen LogP contribution in [0.1, 0.15) is 44.4 Å². The summed E-state index contributed by atoms with van der Waals surface area (Å²) in [4.78, 5) is 25.4. The van der Waals surface area contributed by atoms with Crippen LogP contribution < -0.4 is 10.6 Å². The van der Waals surface area contributed by atoms with E-state index in [-0.39, 0.29) is 31.9 Å². The van der Waals surface area contributed by atoms with Gasteiger partial charge in [-0.1, -0.05) is 13.0 Å². The van der Waals surface area contributed by atoms with E-state index in [9.17, 15) is 14.7 Å². The molecule has 1 aliphatic rings. The van der Waals surface area contributed by atoms with E-state index in [2.05, 4.69) is 10.6 Å². The lowest BCUT2D eigenvalue weighted by atomic mass is 10.0. The third-order valence-corrected chi connectivity index (χ3v) is 4.58. The SMILES string of the molecule is CCOC(=O)CNC(=O)N(CC)Cc1ccc2c(c1)[C@@H](CC)OC[C@@H](O)CN2. The zero-order valence-electron chi connectivity index (χ0n) is 16.9. The molecule has 8 nitrogen and oxygen atoms in total. The van der Waals surface area contributed by atoms with E-state index in [0.717, 1.165) is 23.2 Å². The van der Waals surface area contributed by atoms with Crippen LogP contribution in [0.3, 0.4) is 0 Å². The van der Waals surface area contributed by atoms with Crippen molar-refractivity contribution in [1.82, 2.24) is 10.2 Å². The summed E-state index contributed by atoms with van der Waals surface area (Å²) in [5, 5.41) is 15.7. The Morgan fingerprint density at radius 3 is 2.82 bits per heavy atom. The second-order valence-corrected chi connectivity index (χ2v) is 6.66. The Morgan fingerprint density at radius 1 is 1.36 bits per heavy atom. The van der Waals surface area contributed by atoms with Crippen LogP contribution in [0.4, 0.5) is 10.5 Å². The van der Waals surface area contributed by atoms with Crippen LogP contribution in [0.5, 0.6) is 0 Å². The fraction of sp³-hybridized carbons (Fsp3) is 0.600. The fourth-order valence-electron chi connectivity index (χ4n) is 3.10. The van der Waals surface area contributed by atoms with Crippen molar-refractivity contribution in [2.24, 2.45) is 0 Å². The highest BCUT2D eigenvalue weighted by Gasteiger charge is 2.21. The molecule has 1 aliphatic heterocycles. The van der Waals surface area contributed by atoms with Gasteiger partial charge >= 0.3 is 12.0 Å². The van der Waals surface area contributed by atoms with Crippen molar-refractivity contribution in [1.29, 1.82) is 0 Å². The minimum absolute atomic E-state index is 0.120. The normalized spacial score (nSPS) is 18.9. The quantitative estimate of drug-likeness (QED) is 0.613. The van der Waals surface area contributed by atoms with Gasteiger partial charge in [-0.05, 0) is 38.0 Å². The standard InChI is InChI=1S/C20H31N3O5/c1-4-18-16-9-14(7-8-17(16)21-10-15(24)13-28-18)12-23(5-2)20(26)22-11-19(25)27-6-3/h7-9,15,18,21,24H,4-6,10-13H2,1-3H3,(H,22,26)/t15-,18+/m0/s1. The molecule has 3 N–H and O–H groups in total. The molecule has 2 atom stereocenters. The number of hydrogen-bond donors (Lipinski definition) is 3. The van der Waals surface area contributed by atoms with Gasteiger partial charge in [-0.15, -0.1) is 0 Å². The second kappa shape index (κ2) is 10.9. The predicted molar refractivity (Wildman–Crippen MR) is 106 cm³/mol. The summed E-state index contributed by atoms with van der Waals surface area (Å²) in [6, 6.07) is 5.63. The van der Waals surface area contributed by atoms with Gasteiger partial charge in [-0.25, -0.2) is 4.79 Å². The molecular weight excluding hydrogens is 362 g/mol. The topological polar surface area (TPSA) is 100 Å². The summed E-state index contributed by atoms with van der Waals surface area (Å²) in [5.41, 5.74) is 2.93. The van der Waals surface area contributed by atoms with E-state index in [0.29, 0.717) is 19.6 Å². The Bertz CT molecular complexity index is 667. The van der Waals surface area contributed by atoms with E-state index in [1.54, 1.807) is 11.8 Å². The minimum atomic E-state index is -0.541. The van der Waals surface area contributed by atoms with Gasteiger partial charge in [-0.3, -0.25) is 4.79 Å². The van der Waals surface area contributed by atoms with Crippen molar-refractivity contribution in [3.8, 4) is 0 Å². The number of esters is 1. The molecule has 2 rings (SSSR count).